The molecule has 1 aliphatic carbocycles. The van der Waals surface area contributed by atoms with Crippen LogP contribution in [0.25, 0.3) is 0 Å². The summed E-state index contributed by atoms with van der Waals surface area (Å²) in [5.41, 5.74) is 5.54. The van der Waals surface area contributed by atoms with Gasteiger partial charge in [-0.2, -0.15) is 0 Å². The molecule has 0 amide bonds. The van der Waals surface area contributed by atoms with E-state index in [4.69, 9.17) is 0 Å². The van der Waals surface area contributed by atoms with Gasteiger partial charge in [-0.3, -0.25) is 0 Å². The van der Waals surface area contributed by atoms with Gasteiger partial charge in [-0.05, 0) is 67.3 Å². The number of hydrogen-bond donors (Lipinski definition) is 1. The van der Waals surface area contributed by atoms with Crippen molar-refractivity contribution in [2.24, 2.45) is 5.92 Å². The lowest BCUT2D eigenvalue weighted by Crippen LogP contribution is -2.42. The van der Waals surface area contributed by atoms with E-state index in [0.717, 1.165) is 12.5 Å². The van der Waals surface area contributed by atoms with Gasteiger partial charge in [0, 0.05) is 0 Å². The molecule has 0 aliphatic heterocycles. The second kappa shape index (κ2) is 7.74. The van der Waals surface area contributed by atoms with Crippen molar-refractivity contribution >= 4 is 0 Å². The van der Waals surface area contributed by atoms with Crippen molar-refractivity contribution in [2.75, 3.05) is 6.54 Å². The number of rotatable bonds is 8. The molecule has 2 aromatic rings. The molecular formula is C24H33N. The lowest BCUT2D eigenvalue weighted by molar-refractivity contribution is 0.441. The molecule has 2 aromatic carbocycles. The third-order valence-electron chi connectivity index (χ3n) is 5.95. The van der Waals surface area contributed by atoms with Gasteiger partial charge in [0.15, 0.2) is 0 Å². The number of benzene rings is 2. The highest BCUT2D eigenvalue weighted by Gasteiger charge is 2.32. The Morgan fingerprint density at radius 2 is 1.68 bits per heavy atom. The Balaban J connectivity index is 2.00. The first-order valence-electron chi connectivity index (χ1n) is 9.96. The highest BCUT2D eigenvalue weighted by Crippen LogP contribution is 2.40. The van der Waals surface area contributed by atoms with Crippen molar-refractivity contribution in [2.45, 2.75) is 64.8 Å². The summed E-state index contributed by atoms with van der Waals surface area (Å²) >= 11 is 0. The maximum atomic E-state index is 3.80. The van der Waals surface area contributed by atoms with Crippen molar-refractivity contribution in [1.82, 2.24) is 5.32 Å². The third-order valence-corrected chi connectivity index (χ3v) is 5.95. The Kier molecular flexibility index (Phi) is 5.64. The molecule has 134 valence electrons. The summed E-state index contributed by atoms with van der Waals surface area (Å²) in [6, 6.07) is 17.9. The largest absolute Gasteiger partial charge is 0.304 e. The zero-order valence-electron chi connectivity index (χ0n) is 16.3. The minimum absolute atomic E-state index is 0.148. The quantitative estimate of drug-likeness (QED) is 0.609. The van der Waals surface area contributed by atoms with E-state index in [2.05, 4.69) is 81.5 Å². The van der Waals surface area contributed by atoms with Crippen LogP contribution in [0.5, 0.6) is 0 Å². The molecule has 0 aromatic heterocycles. The zero-order chi connectivity index (χ0) is 17.9. The van der Waals surface area contributed by atoms with Gasteiger partial charge in [0.25, 0.3) is 0 Å². The van der Waals surface area contributed by atoms with Gasteiger partial charge in [0.1, 0.15) is 0 Å². The van der Waals surface area contributed by atoms with Crippen molar-refractivity contribution in [3.05, 3.63) is 70.8 Å². The fraction of sp³-hybridized carbons (Fsp3) is 0.500. The first kappa shape index (κ1) is 18.2. The molecule has 0 saturated heterocycles. The highest BCUT2D eigenvalue weighted by atomic mass is 15.0. The van der Waals surface area contributed by atoms with Crippen molar-refractivity contribution in [1.29, 1.82) is 0 Å². The Bertz CT molecular complexity index is 701. The molecule has 0 bridgehead atoms. The van der Waals surface area contributed by atoms with Crippen molar-refractivity contribution in [3.8, 4) is 0 Å². The van der Waals surface area contributed by atoms with Gasteiger partial charge in [-0.25, -0.2) is 0 Å². The van der Waals surface area contributed by atoms with E-state index in [9.17, 15) is 0 Å². The van der Waals surface area contributed by atoms with Crippen LogP contribution in [0.3, 0.4) is 0 Å². The summed E-state index contributed by atoms with van der Waals surface area (Å²) in [6.45, 7) is 10.1. The number of hydrogen-bond acceptors (Lipinski definition) is 1. The number of nitrogens with one attached hydrogen (secondary N) is 1. The normalized spacial score (nSPS) is 17.9. The Hall–Kier alpha value is -1.60. The van der Waals surface area contributed by atoms with E-state index >= 15 is 0 Å². The lowest BCUT2D eigenvalue weighted by atomic mass is 9.77. The van der Waals surface area contributed by atoms with Gasteiger partial charge < -0.3 is 5.32 Å². The fourth-order valence-corrected chi connectivity index (χ4v) is 4.25. The van der Waals surface area contributed by atoms with Crippen LogP contribution in [-0.4, -0.2) is 6.54 Å². The van der Waals surface area contributed by atoms with Gasteiger partial charge in [0.2, 0.25) is 0 Å². The van der Waals surface area contributed by atoms with E-state index < -0.39 is 0 Å². The van der Waals surface area contributed by atoms with Gasteiger partial charge >= 0.3 is 0 Å². The molecule has 3 rings (SSSR count). The summed E-state index contributed by atoms with van der Waals surface area (Å²) in [4.78, 5) is 0. The summed E-state index contributed by atoms with van der Waals surface area (Å²) in [5, 5.41) is 3.80. The summed E-state index contributed by atoms with van der Waals surface area (Å²) in [5.74, 6) is 1.62. The highest BCUT2D eigenvalue weighted by molar-refractivity contribution is 5.46. The van der Waals surface area contributed by atoms with Crippen LogP contribution >= 0.6 is 0 Å². The Morgan fingerprint density at radius 3 is 2.32 bits per heavy atom. The van der Waals surface area contributed by atoms with Crippen LogP contribution in [0.15, 0.2) is 48.5 Å². The molecule has 1 heteroatoms. The molecule has 0 spiro atoms. The lowest BCUT2D eigenvalue weighted by Gasteiger charge is -2.36. The molecule has 1 nitrogen and oxygen atoms in total. The monoisotopic (exact) mass is 335 g/mol. The Labute approximate surface area is 153 Å². The first-order chi connectivity index (χ1) is 12.1. The predicted octanol–water partition coefficient (Wildman–Crippen LogP) is 6.16. The third kappa shape index (κ3) is 3.98. The zero-order valence-corrected chi connectivity index (χ0v) is 16.3. The molecule has 1 N–H and O–H groups in total. The van der Waals surface area contributed by atoms with E-state index in [-0.39, 0.29) is 5.54 Å². The molecule has 25 heavy (non-hydrogen) atoms. The van der Waals surface area contributed by atoms with Crippen LogP contribution in [-0.2, 0) is 5.54 Å². The minimum atomic E-state index is -0.148. The van der Waals surface area contributed by atoms with Crippen LogP contribution in [0.4, 0.5) is 0 Å². The van der Waals surface area contributed by atoms with Gasteiger partial charge in [-0.15, -0.1) is 0 Å². The maximum Gasteiger partial charge on any atom is 0.0667 e. The molecule has 0 unspecified atom stereocenters. The van der Waals surface area contributed by atoms with Crippen LogP contribution in [0, 0.1) is 12.8 Å². The molecular weight excluding hydrogens is 302 g/mol. The molecule has 2 atom stereocenters. The summed E-state index contributed by atoms with van der Waals surface area (Å²) in [6.07, 6.45) is 5.59. The molecule has 1 fully saturated rings. The second-order valence-electron chi connectivity index (χ2n) is 7.98. The van der Waals surface area contributed by atoms with E-state index in [1.165, 1.54) is 47.9 Å². The molecule has 0 radical (unpaired) electrons. The van der Waals surface area contributed by atoms with E-state index in [1.54, 1.807) is 0 Å². The molecule has 1 saturated carbocycles. The van der Waals surface area contributed by atoms with E-state index in [0.29, 0.717) is 5.92 Å². The summed E-state index contributed by atoms with van der Waals surface area (Å²) in [7, 11) is 0. The number of aryl methyl sites for hydroxylation is 1. The van der Waals surface area contributed by atoms with Gasteiger partial charge in [0.05, 0.1) is 5.54 Å². The standard InChI is InChI=1S/C24H33N/c1-5-25-24(4,22-12-8-6-10-19(22)3)23-13-9-7-11-21(23)18(2)14-15-20-16-17-20/h6-13,18,20,25H,5,14-17H2,1-4H3/t18-,24-/m1/s1. The topological polar surface area (TPSA) is 12.0 Å². The average molecular weight is 336 g/mol. The van der Waals surface area contributed by atoms with E-state index in [1.807, 2.05) is 0 Å². The maximum absolute atomic E-state index is 3.80. The second-order valence-corrected chi connectivity index (χ2v) is 7.98. The predicted molar refractivity (Wildman–Crippen MR) is 108 cm³/mol. The van der Waals surface area contributed by atoms with Crippen LogP contribution < -0.4 is 5.32 Å². The van der Waals surface area contributed by atoms with Crippen molar-refractivity contribution in [3.63, 3.8) is 0 Å². The Morgan fingerprint density at radius 1 is 1.04 bits per heavy atom. The minimum Gasteiger partial charge on any atom is -0.304 e. The summed E-state index contributed by atoms with van der Waals surface area (Å²) < 4.78 is 0. The molecule has 1 aliphatic rings. The average Bonchev–Trinajstić information content (AvgIpc) is 3.44. The molecule has 0 heterocycles. The smallest absolute Gasteiger partial charge is 0.0667 e. The van der Waals surface area contributed by atoms with Crippen molar-refractivity contribution < 1.29 is 0 Å². The van der Waals surface area contributed by atoms with Crippen LogP contribution in [0.2, 0.25) is 0 Å². The van der Waals surface area contributed by atoms with Crippen LogP contribution in [0.1, 0.15) is 74.6 Å². The fourth-order valence-electron chi connectivity index (χ4n) is 4.25. The van der Waals surface area contributed by atoms with Gasteiger partial charge in [-0.1, -0.05) is 75.2 Å². The first-order valence-corrected chi connectivity index (χ1v) is 9.96. The SMILES string of the molecule is CCN[C@](C)(c1ccccc1C)c1ccccc1[C@H](C)CCC1CC1.